The number of carbonyl (C=O) groups is 3. The minimum Gasteiger partial charge on any atom is -0.481 e. The lowest BCUT2D eigenvalue weighted by molar-refractivity contribution is -0.140. The first-order valence-electron chi connectivity index (χ1n) is 4.89. The summed E-state index contributed by atoms with van der Waals surface area (Å²) in [5.41, 5.74) is 0. The average Bonchev–Trinajstić information content (AvgIpc) is 2.24. The third-order valence-corrected chi connectivity index (χ3v) is 1.84. The Bertz CT molecular complexity index is 334. The highest BCUT2D eigenvalue weighted by atomic mass is 16.4. The molecule has 4 N–H and O–H groups in total. The second-order valence-corrected chi connectivity index (χ2v) is 3.21. The fourth-order valence-electron chi connectivity index (χ4n) is 1.06. The monoisotopic (exact) mass is 242 g/mol. The van der Waals surface area contributed by atoms with Crippen LogP contribution in [0.25, 0.3) is 0 Å². The van der Waals surface area contributed by atoms with Gasteiger partial charge in [-0.15, -0.1) is 6.42 Å². The van der Waals surface area contributed by atoms with Gasteiger partial charge >= 0.3 is 18.0 Å². The number of hydrogen-bond acceptors (Lipinski definition) is 3. The first-order chi connectivity index (χ1) is 7.97. The number of hydrogen-bond donors (Lipinski definition) is 4. The number of nitrogens with one attached hydrogen (secondary N) is 2. The minimum absolute atomic E-state index is 0.00665. The number of amides is 2. The smallest absolute Gasteiger partial charge is 0.326 e. The van der Waals surface area contributed by atoms with Gasteiger partial charge in [-0.2, -0.15) is 0 Å². The van der Waals surface area contributed by atoms with Gasteiger partial charge in [0.15, 0.2) is 0 Å². The highest BCUT2D eigenvalue weighted by molar-refractivity contribution is 5.82. The topological polar surface area (TPSA) is 116 Å². The molecule has 2 amide bonds. The van der Waals surface area contributed by atoms with Crippen LogP contribution in [-0.4, -0.2) is 40.8 Å². The molecular formula is C10H14N2O5. The van der Waals surface area contributed by atoms with E-state index in [2.05, 4.69) is 16.6 Å². The summed E-state index contributed by atoms with van der Waals surface area (Å²) in [6.07, 6.45) is 4.98. The van der Waals surface area contributed by atoms with Gasteiger partial charge in [0.2, 0.25) is 0 Å². The second kappa shape index (κ2) is 7.98. The van der Waals surface area contributed by atoms with Gasteiger partial charge in [-0.1, -0.05) is 5.92 Å². The van der Waals surface area contributed by atoms with Gasteiger partial charge in [-0.05, 0) is 12.8 Å². The Morgan fingerprint density at radius 1 is 1.29 bits per heavy atom. The van der Waals surface area contributed by atoms with Crippen molar-refractivity contribution in [1.82, 2.24) is 10.6 Å². The Morgan fingerprint density at radius 3 is 2.41 bits per heavy atom. The van der Waals surface area contributed by atoms with E-state index in [4.69, 9.17) is 16.6 Å². The van der Waals surface area contributed by atoms with Gasteiger partial charge < -0.3 is 20.8 Å². The maximum absolute atomic E-state index is 11.1. The number of aliphatic carboxylic acids is 2. The number of urea groups is 1. The molecule has 0 heterocycles. The van der Waals surface area contributed by atoms with Crippen molar-refractivity contribution >= 4 is 18.0 Å². The molecule has 0 aromatic rings. The number of carboxylic acid groups (broad SMARTS) is 2. The van der Waals surface area contributed by atoms with Crippen LogP contribution in [-0.2, 0) is 9.59 Å². The van der Waals surface area contributed by atoms with Gasteiger partial charge in [0.25, 0.3) is 0 Å². The molecule has 0 aliphatic heterocycles. The van der Waals surface area contributed by atoms with Crippen LogP contribution in [0.4, 0.5) is 4.79 Å². The van der Waals surface area contributed by atoms with E-state index >= 15 is 0 Å². The molecule has 0 aromatic heterocycles. The zero-order valence-electron chi connectivity index (χ0n) is 9.10. The van der Waals surface area contributed by atoms with Crippen molar-refractivity contribution in [1.29, 1.82) is 0 Å². The van der Waals surface area contributed by atoms with Gasteiger partial charge in [0.1, 0.15) is 6.04 Å². The Labute approximate surface area is 98.2 Å². The van der Waals surface area contributed by atoms with Crippen molar-refractivity contribution in [2.75, 3.05) is 6.54 Å². The zero-order chi connectivity index (χ0) is 13.3. The maximum atomic E-state index is 11.1. The number of terminal acetylenes is 1. The van der Waals surface area contributed by atoms with Crippen LogP contribution in [0.3, 0.4) is 0 Å². The second-order valence-electron chi connectivity index (χ2n) is 3.21. The highest BCUT2D eigenvalue weighted by Gasteiger charge is 2.19. The molecule has 7 nitrogen and oxygen atoms in total. The number of carboxylic acids is 2. The summed E-state index contributed by atoms with van der Waals surface area (Å²) in [4.78, 5) is 32.1. The summed E-state index contributed by atoms with van der Waals surface area (Å²) >= 11 is 0. The largest absolute Gasteiger partial charge is 0.481 e. The Morgan fingerprint density at radius 2 is 1.94 bits per heavy atom. The van der Waals surface area contributed by atoms with Gasteiger partial charge in [-0.3, -0.25) is 4.79 Å². The van der Waals surface area contributed by atoms with E-state index in [1.807, 2.05) is 0 Å². The van der Waals surface area contributed by atoms with Crippen molar-refractivity contribution in [2.24, 2.45) is 0 Å². The molecule has 0 aromatic carbocycles. The van der Waals surface area contributed by atoms with E-state index < -0.39 is 24.0 Å². The summed E-state index contributed by atoms with van der Waals surface area (Å²) in [7, 11) is 0. The molecule has 94 valence electrons. The maximum Gasteiger partial charge on any atom is 0.326 e. The molecule has 0 spiro atoms. The minimum atomic E-state index is -1.22. The molecule has 0 unspecified atom stereocenters. The van der Waals surface area contributed by atoms with Crippen LogP contribution in [0.15, 0.2) is 0 Å². The van der Waals surface area contributed by atoms with Crippen LogP contribution in [0.2, 0.25) is 0 Å². The first-order valence-corrected chi connectivity index (χ1v) is 4.89. The van der Waals surface area contributed by atoms with Crippen molar-refractivity contribution < 1.29 is 24.6 Å². The molecule has 17 heavy (non-hydrogen) atoms. The van der Waals surface area contributed by atoms with Crippen molar-refractivity contribution in [3.05, 3.63) is 0 Å². The average molecular weight is 242 g/mol. The molecule has 0 bridgehead atoms. The molecular weight excluding hydrogens is 228 g/mol. The lowest BCUT2D eigenvalue weighted by atomic mass is 10.1. The Balaban J connectivity index is 4.07. The third-order valence-electron chi connectivity index (χ3n) is 1.84. The SMILES string of the molecule is C#CCNC(=O)N[C@H](CCCC(=O)O)C(=O)O. The van der Waals surface area contributed by atoms with E-state index in [-0.39, 0.29) is 25.8 Å². The molecule has 7 heteroatoms. The molecule has 0 rings (SSSR count). The molecule has 0 saturated carbocycles. The van der Waals surface area contributed by atoms with Gasteiger partial charge in [-0.25, -0.2) is 9.59 Å². The van der Waals surface area contributed by atoms with Crippen molar-refractivity contribution in [3.8, 4) is 12.3 Å². The lowest BCUT2D eigenvalue weighted by Gasteiger charge is -2.13. The summed E-state index contributed by atoms with van der Waals surface area (Å²) in [5.74, 6) is -0.0627. The molecule has 0 aliphatic rings. The summed E-state index contributed by atoms with van der Waals surface area (Å²) in [6, 6.07) is -1.81. The van der Waals surface area contributed by atoms with E-state index in [9.17, 15) is 14.4 Å². The van der Waals surface area contributed by atoms with Crippen LogP contribution in [0.5, 0.6) is 0 Å². The summed E-state index contributed by atoms with van der Waals surface area (Å²) in [6.45, 7) is -0.00665. The van der Waals surface area contributed by atoms with E-state index in [1.54, 1.807) is 0 Å². The molecule has 0 saturated heterocycles. The highest BCUT2D eigenvalue weighted by Crippen LogP contribution is 2.01. The number of carbonyl (C=O) groups excluding carboxylic acids is 1. The Kier molecular flexibility index (Phi) is 6.94. The van der Waals surface area contributed by atoms with Gasteiger partial charge in [0, 0.05) is 6.42 Å². The molecule has 0 aliphatic carbocycles. The van der Waals surface area contributed by atoms with E-state index in [1.165, 1.54) is 0 Å². The molecule has 1 atom stereocenters. The standard InChI is InChI=1S/C10H14N2O5/c1-2-6-11-10(17)12-7(9(15)16)4-3-5-8(13)14/h1,7H,3-6H2,(H,13,14)(H,15,16)(H2,11,12,17)/t7-/m1/s1. The fraction of sp³-hybridized carbons (Fsp3) is 0.500. The number of rotatable bonds is 7. The van der Waals surface area contributed by atoms with Crippen LogP contribution < -0.4 is 10.6 Å². The van der Waals surface area contributed by atoms with Crippen molar-refractivity contribution in [2.45, 2.75) is 25.3 Å². The van der Waals surface area contributed by atoms with E-state index in [0.29, 0.717) is 0 Å². The van der Waals surface area contributed by atoms with E-state index in [0.717, 1.165) is 0 Å². The van der Waals surface area contributed by atoms with Crippen molar-refractivity contribution in [3.63, 3.8) is 0 Å². The predicted octanol–water partition coefficient (Wildman–Crippen LogP) is -0.373. The van der Waals surface area contributed by atoms with Crippen LogP contribution >= 0.6 is 0 Å². The lowest BCUT2D eigenvalue weighted by Crippen LogP contribution is -2.46. The summed E-state index contributed by atoms with van der Waals surface area (Å²) < 4.78 is 0. The Hall–Kier alpha value is -2.23. The van der Waals surface area contributed by atoms with Crippen LogP contribution in [0, 0.1) is 12.3 Å². The van der Waals surface area contributed by atoms with Crippen LogP contribution in [0.1, 0.15) is 19.3 Å². The quantitative estimate of drug-likeness (QED) is 0.454. The molecule has 0 fully saturated rings. The third kappa shape index (κ3) is 7.67. The molecule has 0 radical (unpaired) electrons. The first kappa shape index (κ1) is 14.8. The zero-order valence-corrected chi connectivity index (χ0v) is 9.10. The normalized spacial score (nSPS) is 11.0. The fourth-order valence-corrected chi connectivity index (χ4v) is 1.06. The summed E-state index contributed by atoms with van der Waals surface area (Å²) in [5, 5.41) is 21.6. The van der Waals surface area contributed by atoms with Gasteiger partial charge in [0.05, 0.1) is 6.54 Å². The predicted molar refractivity (Wildman–Crippen MR) is 58.3 cm³/mol.